The average Bonchev–Trinajstić information content (AvgIpc) is 1.84. The Labute approximate surface area is 67.4 Å². The van der Waals surface area contributed by atoms with Crippen molar-refractivity contribution in [3.8, 4) is 0 Å². The molecule has 0 aromatic heterocycles. The van der Waals surface area contributed by atoms with Crippen molar-refractivity contribution in [1.29, 1.82) is 0 Å². The van der Waals surface area contributed by atoms with Gasteiger partial charge in [-0.05, 0) is 27.7 Å². The molecule has 0 aliphatic carbocycles. The Morgan fingerprint density at radius 3 is 2.36 bits per heavy atom. The van der Waals surface area contributed by atoms with E-state index in [0.717, 1.165) is 0 Å². The number of ether oxygens (including phenoxy) is 1. The first-order valence-electron chi connectivity index (χ1n) is 3.71. The molecule has 0 aliphatic heterocycles. The van der Waals surface area contributed by atoms with E-state index in [9.17, 15) is 9.90 Å². The van der Waals surface area contributed by atoms with Crippen molar-refractivity contribution < 1.29 is 14.6 Å². The number of hydrogen-bond acceptors (Lipinski definition) is 3. The van der Waals surface area contributed by atoms with E-state index in [-0.39, 0.29) is 18.5 Å². The average molecular weight is 160 g/mol. The van der Waals surface area contributed by atoms with Crippen molar-refractivity contribution in [2.75, 3.05) is 6.61 Å². The molecule has 1 atom stereocenters. The lowest BCUT2D eigenvalue weighted by molar-refractivity contribution is -0.141. The largest absolute Gasteiger partial charge is 0.380 e. The van der Waals surface area contributed by atoms with Gasteiger partial charge in [0.25, 0.3) is 0 Å². The normalized spacial score (nSPS) is 16.5. The molecule has 3 heteroatoms. The van der Waals surface area contributed by atoms with E-state index >= 15 is 0 Å². The number of carbonyl (C=O) groups excluding carboxylic acids is 1. The molecular weight excluding hydrogens is 144 g/mol. The fourth-order valence-electron chi connectivity index (χ4n) is 0.431. The summed E-state index contributed by atoms with van der Waals surface area (Å²) < 4.78 is 5.10. The molecule has 0 rings (SSSR count). The van der Waals surface area contributed by atoms with E-state index in [0.29, 0.717) is 0 Å². The maximum atomic E-state index is 10.7. The molecule has 0 amide bonds. The molecule has 1 unspecified atom stereocenters. The molecule has 0 saturated carbocycles. The lowest BCUT2D eigenvalue weighted by atomic mass is 10.0. The number of aliphatic hydroxyl groups is 1. The van der Waals surface area contributed by atoms with Gasteiger partial charge in [0.1, 0.15) is 5.60 Å². The highest BCUT2D eigenvalue weighted by Gasteiger charge is 2.26. The van der Waals surface area contributed by atoms with Crippen molar-refractivity contribution >= 4 is 5.78 Å². The first-order valence-corrected chi connectivity index (χ1v) is 3.71. The Hall–Kier alpha value is -0.410. The molecule has 0 aromatic carbocycles. The van der Waals surface area contributed by atoms with Crippen LogP contribution in [0.3, 0.4) is 0 Å². The molecule has 0 heterocycles. The van der Waals surface area contributed by atoms with E-state index in [1.807, 2.05) is 13.8 Å². The summed E-state index contributed by atoms with van der Waals surface area (Å²) in [6, 6.07) is 0. The zero-order valence-electron chi connectivity index (χ0n) is 7.55. The Kier molecular flexibility index (Phi) is 3.69. The molecule has 0 aromatic rings. The number of Topliss-reactive ketones (excluding diaryl/α,β-unsaturated/α-hetero) is 1. The van der Waals surface area contributed by atoms with E-state index < -0.39 is 5.60 Å². The summed E-state index contributed by atoms with van der Waals surface area (Å²) in [6.07, 6.45) is 0.0424. The molecule has 11 heavy (non-hydrogen) atoms. The summed E-state index contributed by atoms with van der Waals surface area (Å²) in [6.45, 7) is 6.59. The quantitative estimate of drug-likeness (QED) is 0.660. The van der Waals surface area contributed by atoms with Gasteiger partial charge in [-0.2, -0.15) is 0 Å². The number of rotatable bonds is 4. The Bertz CT molecular complexity index is 138. The van der Waals surface area contributed by atoms with Crippen LogP contribution in [-0.4, -0.2) is 29.2 Å². The minimum Gasteiger partial charge on any atom is -0.380 e. The van der Waals surface area contributed by atoms with Crippen molar-refractivity contribution in [2.45, 2.75) is 39.4 Å². The summed E-state index contributed by atoms with van der Waals surface area (Å²) in [5.74, 6) is -0.266. The van der Waals surface area contributed by atoms with Crippen LogP contribution in [0.15, 0.2) is 0 Å². The molecule has 0 spiro atoms. The van der Waals surface area contributed by atoms with Crippen LogP contribution in [0.4, 0.5) is 0 Å². The summed E-state index contributed by atoms with van der Waals surface area (Å²) in [5.41, 5.74) is -1.33. The molecule has 0 saturated heterocycles. The van der Waals surface area contributed by atoms with Gasteiger partial charge in [-0.3, -0.25) is 4.79 Å². The minimum atomic E-state index is -1.33. The highest BCUT2D eigenvalue weighted by molar-refractivity contribution is 5.84. The van der Waals surface area contributed by atoms with Gasteiger partial charge in [-0.1, -0.05) is 0 Å². The summed E-state index contributed by atoms with van der Waals surface area (Å²) in [7, 11) is 0. The third kappa shape index (κ3) is 4.11. The molecule has 0 radical (unpaired) electrons. The zero-order valence-corrected chi connectivity index (χ0v) is 7.55. The predicted octanol–water partition coefficient (Wildman–Crippen LogP) is 0.751. The molecule has 0 bridgehead atoms. The van der Waals surface area contributed by atoms with Gasteiger partial charge in [0.15, 0.2) is 5.78 Å². The molecule has 3 nitrogen and oxygen atoms in total. The fourth-order valence-corrected chi connectivity index (χ4v) is 0.431. The molecule has 0 aliphatic rings. The first kappa shape index (κ1) is 10.6. The maximum absolute atomic E-state index is 10.7. The highest BCUT2D eigenvalue weighted by atomic mass is 16.5. The number of hydrogen-bond donors (Lipinski definition) is 1. The Balaban J connectivity index is 3.83. The number of carbonyl (C=O) groups is 1. The van der Waals surface area contributed by atoms with Gasteiger partial charge in [0.05, 0.1) is 12.7 Å². The van der Waals surface area contributed by atoms with Crippen LogP contribution in [0, 0.1) is 0 Å². The van der Waals surface area contributed by atoms with Crippen molar-refractivity contribution in [3.05, 3.63) is 0 Å². The van der Waals surface area contributed by atoms with Crippen LogP contribution >= 0.6 is 0 Å². The van der Waals surface area contributed by atoms with E-state index in [4.69, 9.17) is 4.74 Å². The summed E-state index contributed by atoms with van der Waals surface area (Å²) in [4.78, 5) is 10.7. The first-order chi connectivity index (χ1) is 4.86. The molecule has 66 valence electrons. The molecule has 0 fully saturated rings. The van der Waals surface area contributed by atoms with Gasteiger partial charge in [-0.25, -0.2) is 0 Å². The van der Waals surface area contributed by atoms with Gasteiger partial charge >= 0.3 is 0 Å². The molecule has 1 N–H and O–H groups in total. The van der Waals surface area contributed by atoms with Crippen LogP contribution in [-0.2, 0) is 9.53 Å². The van der Waals surface area contributed by atoms with Crippen LogP contribution in [0.5, 0.6) is 0 Å². The van der Waals surface area contributed by atoms with E-state index in [2.05, 4.69) is 0 Å². The topological polar surface area (TPSA) is 46.5 Å². The summed E-state index contributed by atoms with van der Waals surface area (Å²) >= 11 is 0. The van der Waals surface area contributed by atoms with Crippen LogP contribution in [0.1, 0.15) is 27.7 Å². The SMILES string of the molecule is CC(=O)C(C)(O)COC(C)C. The minimum absolute atomic E-state index is 0.0424. The Morgan fingerprint density at radius 2 is 2.09 bits per heavy atom. The lowest BCUT2D eigenvalue weighted by Crippen LogP contribution is -2.39. The number of ketones is 1. The monoisotopic (exact) mass is 160 g/mol. The Morgan fingerprint density at radius 1 is 1.64 bits per heavy atom. The third-order valence-corrected chi connectivity index (χ3v) is 1.46. The smallest absolute Gasteiger partial charge is 0.163 e. The second-order valence-corrected chi connectivity index (χ2v) is 3.19. The second-order valence-electron chi connectivity index (χ2n) is 3.19. The zero-order chi connectivity index (χ0) is 9.07. The van der Waals surface area contributed by atoms with Crippen molar-refractivity contribution in [1.82, 2.24) is 0 Å². The van der Waals surface area contributed by atoms with Crippen molar-refractivity contribution in [3.63, 3.8) is 0 Å². The highest BCUT2D eigenvalue weighted by Crippen LogP contribution is 2.06. The van der Waals surface area contributed by atoms with Crippen molar-refractivity contribution in [2.24, 2.45) is 0 Å². The lowest BCUT2D eigenvalue weighted by Gasteiger charge is -2.20. The maximum Gasteiger partial charge on any atom is 0.163 e. The van der Waals surface area contributed by atoms with E-state index in [1.54, 1.807) is 0 Å². The van der Waals surface area contributed by atoms with Crippen LogP contribution in [0.2, 0.25) is 0 Å². The van der Waals surface area contributed by atoms with Gasteiger partial charge < -0.3 is 9.84 Å². The van der Waals surface area contributed by atoms with Gasteiger partial charge in [0.2, 0.25) is 0 Å². The van der Waals surface area contributed by atoms with Gasteiger partial charge in [0, 0.05) is 0 Å². The second kappa shape index (κ2) is 3.83. The summed E-state index contributed by atoms with van der Waals surface area (Å²) in [5, 5.41) is 9.37. The third-order valence-electron chi connectivity index (χ3n) is 1.46. The molecular formula is C8H16O3. The predicted molar refractivity (Wildman–Crippen MR) is 42.4 cm³/mol. The van der Waals surface area contributed by atoms with E-state index in [1.165, 1.54) is 13.8 Å². The van der Waals surface area contributed by atoms with Crippen LogP contribution in [0.25, 0.3) is 0 Å². The van der Waals surface area contributed by atoms with Gasteiger partial charge in [-0.15, -0.1) is 0 Å². The standard InChI is InChI=1S/C8H16O3/c1-6(2)11-5-8(4,10)7(3)9/h6,10H,5H2,1-4H3. The van der Waals surface area contributed by atoms with Crippen LogP contribution < -0.4 is 0 Å². The fraction of sp³-hybridized carbons (Fsp3) is 0.875.